The molecule has 140 valence electrons. The number of pyridine rings is 1. The van der Waals surface area contributed by atoms with Gasteiger partial charge in [0.05, 0.1) is 19.1 Å². The fraction of sp³-hybridized carbons (Fsp3) is 0.350. The third-order valence-corrected chi connectivity index (χ3v) is 4.64. The van der Waals surface area contributed by atoms with E-state index in [0.717, 1.165) is 17.5 Å². The molecule has 0 saturated carbocycles. The first kappa shape index (κ1) is 17.6. The van der Waals surface area contributed by atoms with E-state index in [2.05, 4.69) is 27.1 Å². The average molecular weight is 366 g/mol. The van der Waals surface area contributed by atoms with Gasteiger partial charge >= 0.3 is 0 Å². The monoisotopic (exact) mass is 366 g/mol. The molecule has 0 spiro atoms. The van der Waals surface area contributed by atoms with Gasteiger partial charge in [0.1, 0.15) is 12.1 Å². The summed E-state index contributed by atoms with van der Waals surface area (Å²) in [5, 5.41) is 6.92. The maximum Gasteiger partial charge on any atom is 0.219 e. The van der Waals surface area contributed by atoms with Crippen molar-refractivity contribution in [2.45, 2.75) is 38.6 Å². The molecule has 1 saturated heterocycles. The minimum absolute atomic E-state index is 0.0489. The molecule has 27 heavy (non-hydrogen) atoms. The maximum atomic E-state index is 6.33. The molecule has 1 aliphatic heterocycles. The number of aromatic amines is 1. The molecule has 3 heterocycles. The second-order valence-corrected chi connectivity index (χ2v) is 6.55. The van der Waals surface area contributed by atoms with Gasteiger partial charge in [-0.15, -0.1) is 0 Å². The number of hydrogen-bond donors (Lipinski definition) is 1. The van der Waals surface area contributed by atoms with Crippen LogP contribution >= 0.6 is 0 Å². The van der Waals surface area contributed by atoms with E-state index in [0.29, 0.717) is 30.5 Å². The van der Waals surface area contributed by atoms with Gasteiger partial charge in [-0.3, -0.25) is 5.10 Å². The van der Waals surface area contributed by atoms with E-state index < -0.39 is 5.79 Å². The van der Waals surface area contributed by atoms with Gasteiger partial charge in [-0.1, -0.05) is 13.0 Å². The Bertz CT molecular complexity index is 886. The van der Waals surface area contributed by atoms with Crippen molar-refractivity contribution in [1.82, 2.24) is 20.2 Å². The molecule has 0 bridgehead atoms. The van der Waals surface area contributed by atoms with Crippen LogP contribution in [0.4, 0.5) is 0 Å². The fourth-order valence-corrected chi connectivity index (χ4v) is 3.28. The number of benzene rings is 1. The molecule has 1 aliphatic rings. The summed E-state index contributed by atoms with van der Waals surface area (Å²) in [4.78, 5) is 8.44. The van der Waals surface area contributed by atoms with Crippen LogP contribution < -0.4 is 4.74 Å². The third kappa shape index (κ3) is 3.70. The molecular formula is C20H22N4O3. The van der Waals surface area contributed by atoms with Crippen LogP contribution in [0.5, 0.6) is 11.6 Å². The number of ether oxygens (including phenoxy) is 3. The van der Waals surface area contributed by atoms with Crippen molar-refractivity contribution in [3.8, 4) is 11.6 Å². The standard InChI is InChI=1S/C20H22N4O3/c1-3-15-12-25-20(27-15,11-18-22-13-23-24-18)17-8-7-16(10-14(17)2)26-19-6-4-5-9-21-19/h4-10,13,15H,3,11-12H2,1-2H3,(H,22,23,24). The summed E-state index contributed by atoms with van der Waals surface area (Å²) in [5.41, 5.74) is 1.97. The lowest BCUT2D eigenvalue weighted by atomic mass is 9.96. The smallest absolute Gasteiger partial charge is 0.219 e. The van der Waals surface area contributed by atoms with E-state index in [1.54, 1.807) is 12.5 Å². The number of nitrogens with one attached hydrogen (secondary N) is 1. The third-order valence-electron chi connectivity index (χ3n) is 4.64. The molecule has 7 heteroatoms. The van der Waals surface area contributed by atoms with Gasteiger partial charge in [-0.2, -0.15) is 5.10 Å². The van der Waals surface area contributed by atoms with Crippen LogP contribution in [0.3, 0.4) is 0 Å². The summed E-state index contributed by atoms with van der Waals surface area (Å²) in [6.45, 7) is 4.66. The molecule has 0 aliphatic carbocycles. The minimum atomic E-state index is -0.892. The predicted octanol–water partition coefficient (Wildman–Crippen LogP) is 3.52. The van der Waals surface area contributed by atoms with Crippen molar-refractivity contribution < 1.29 is 14.2 Å². The highest BCUT2D eigenvalue weighted by atomic mass is 16.7. The second-order valence-electron chi connectivity index (χ2n) is 6.55. The molecule has 1 fully saturated rings. The van der Waals surface area contributed by atoms with Crippen molar-refractivity contribution in [3.63, 3.8) is 0 Å². The molecule has 0 radical (unpaired) electrons. The Morgan fingerprint density at radius 3 is 2.85 bits per heavy atom. The number of aryl methyl sites for hydroxylation is 1. The highest BCUT2D eigenvalue weighted by Crippen LogP contribution is 2.40. The predicted molar refractivity (Wildman–Crippen MR) is 98.4 cm³/mol. The summed E-state index contributed by atoms with van der Waals surface area (Å²) >= 11 is 0. The summed E-state index contributed by atoms with van der Waals surface area (Å²) in [7, 11) is 0. The highest BCUT2D eigenvalue weighted by molar-refractivity contribution is 5.39. The van der Waals surface area contributed by atoms with Crippen LogP contribution in [0.2, 0.25) is 0 Å². The first-order valence-corrected chi connectivity index (χ1v) is 9.05. The number of H-pyrrole nitrogens is 1. The molecule has 1 N–H and O–H groups in total. The van der Waals surface area contributed by atoms with E-state index in [1.165, 1.54) is 0 Å². The number of aromatic nitrogens is 4. The second kappa shape index (κ2) is 7.46. The van der Waals surface area contributed by atoms with Crippen LogP contribution in [-0.2, 0) is 21.7 Å². The molecule has 2 aromatic heterocycles. The zero-order valence-electron chi connectivity index (χ0n) is 15.4. The van der Waals surface area contributed by atoms with Crippen LogP contribution in [0.1, 0.15) is 30.3 Å². The minimum Gasteiger partial charge on any atom is -0.439 e. The lowest BCUT2D eigenvalue weighted by molar-refractivity contribution is -0.177. The molecule has 7 nitrogen and oxygen atoms in total. The van der Waals surface area contributed by atoms with E-state index in [-0.39, 0.29) is 6.10 Å². The van der Waals surface area contributed by atoms with Crippen LogP contribution in [0, 0.1) is 6.92 Å². The van der Waals surface area contributed by atoms with E-state index >= 15 is 0 Å². The Balaban J connectivity index is 1.64. The Labute approximate surface area is 157 Å². The molecule has 4 rings (SSSR count). The lowest BCUT2D eigenvalue weighted by Gasteiger charge is -2.29. The van der Waals surface area contributed by atoms with E-state index in [9.17, 15) is 0 Å². The summed E-state index contributed by atoms with van der Waals surface area (Å²) in [6, 6.07) is 11.4. The summed E-state index contributed by atoms with van der Waals surface area (Å²) < 4.78 is 18.3. The largest absolute Gasteiger partial charge is 0.439 e. The van der Waals surface area contributed by atoms with Crippen molar-refractivity contribution >= 4 is 0 Å². The summed E-state index contributed by atoms with van der Waals surface area (Å²) in [6.07, 6.45) is 4.64. The zero-order valence-corrected chi connectivity index (χ0v) is 15.4. The van der Waals surface area contributed by atoms with Gasteiger partial charge in [-0.25, -0.2) is 9.97 Å². The molecule has 2 unspecified atom stereocenters. The maximum absolute atomic E-state index is 6.33. The van der Waals surface area contributed by atoms with Crippen LogP contribution in [0.25, 0.3) is 0 Å². The van der Waals surface area contributed by atoms with Gasteiger partial charge in [0, 0.05) is 17.8 Å². The van der Waals surface area contributed by atoms with Gasteiger partial charge in [0.25, 0.3) is 0 Å². The Kier molecular flexibility index (Phi) is 4.87. The Hall–Kier alpha value is -2.77. The normalized spacial score (nSPS) is 22.1. The number of nitrogens with zero attached hydrogens (tertiary/aromatic N) is 3. The molecule has 3 aromatic rings. The van der Waals surface area contributed by atoms with Crippen molar-refractivity contribution in [1.29, 1.82) is 0 Å². The Morgan fingerprint density at radius 2 is 2.19 bits per heavy atom. The first-order chi connectivity index (χ1) is 13.2. The lowest BCUT2D eigenvalue weighted by Crippen LogP contribution is -2.32. The zero-order chi connectivity index (χ0) is 18.7. The van der Waals surface area contributed by atoms with Gasteiger partial charge < -0.3 is 14.2 Å². The molecular weight excluding hydrogens is 344 g/mol. The average Bonchev–Trinajstić information content (AvgIpc) is 3.33. The fourth-order valence-electron chi connectivity index (χ4n) is 3.28. The number of hydrogen-bond acceptors (Lipinski definition) is 6. The van der Waals surface area contributed by atoms with E-state index in [4.69, 9.17) is 14.2 Å². The molecule has 0 amide bonds. The molecule has 1 aromatic carbocycles. The highest BCUT2D eigenvalue weighted by Gasteiger charge is 2.44. The van der Waals surface area contributed by atoms with Crippen molar-refractivity contribution in [2.24, 2.45) is 0 Å². The SMILES string of the molecule is CCC1COC(Cc2nc[nH]n2)(c2ccc(Oc3ccccn3)cc2C)O1. The van der Waals surface area contributed by atoms with Crippen molar-refractivity contribution in [3.05, 3.63) is 65.9 Å². The van der Waals surface area contributed by atoms with Gasteiger partial charge in [-0.05, 0) is 43.2 Å². The Morgan fingerprint density at radius 1 is 1.26 bits per heavy atom. The van der Waals surface area contributed by atoms with Crippen molar-refractivity contribution in [2.75, 3.05) is 6.61 Å². The van der Waals surface area contributed by atoms with Gasteiger partial charge in [0.15, 0.2) is 5.82 Å². The topological polar surface area (TPSA) is 82.2 Å². The van der Waals surface area contributed by atoms with E-state index in [1.807, 2.05) is 43.3 Å². The molecule has 2 atom stereocenters. The number of rotatable bonds is 6. The summed E-state index contributed by atoms with van der Waals surface area (Å²) in [5.74, 6) is 1.03. The van der Waals surface area contributed by atoms with Crippen LogP contribution in [-0.4, -0.2) is 32.9 Å². The van der Waals surface area contributed by atoms with Gasteiger partial charge in [0.2, 0.25) is 11.7 Å². The first-order valence-electron chi connectivity index (χ1n) is 9.05. The van der Waals surface area contributed by atoms with Crippen LogP contribution in [0.15, 0.2) is 48.9 Å². The quantitative estimate of drug-likeness (QED) is 0.719.